The molecule has 4 rings (SSSR count). The summed E-state index contributed by atoms with van der Waals surface area (Å²) in [4.78, 5) is 34.8. The van der Waals surface area contributed by atoms with Gasteiger partial charge in [-0.1, -0.05) is 29.9 Å². The molecule has 0 saturated heterocycles. The van der Waals surface area contributed by atoms with Gasteiger partial charge in [-0.15, -0.1) is 10.2 Å². The van der Waals surface area contributed by atoms with Crippen LogP contribution in [0.25, 0.3) is 27.2 Å². The van der Waals surface area contributed by atoms with Crippen molar-refractivity contribution in [1.29, 1.82) is 0 Å². The average Bonchev–Trinajstić information content (AvgIpc) is 3.46. The number of nitrogens with one attached hydrogen (secondary N) is 2. The van der Waals surface area contributed by atoms with E-state index in [4.69, 9.17) is 16.3 Å². The molecule has 2 amide bonds. The van der Waals surface area contributed by atoms with Crippen molar-refractivity contribution in [2.24, 2.45) is 0 Å². The van der Waals surface area contributed by atoms with E-state index in [0.717, 1.165) is 11.3 Å². The molecule has 0 fully saturated rings. The normalized spacial score (nSPS) is 12.9. The maximum absolute atomic E-state index is 13.3. The summed E-state index contributed by atoms with van der Waals surface area (Å²) >= 11 is 7.02. The van der Waals surface area contributed by atoms with Crippen LogP contribution in [0, 0.1) is 0 Å². The number of carbonyl (C=O) groups excluding carboxylic acids is 2. The van der Waals surface area contributed by atoms with Gasteiger partial charge in [0.15, 0.2) is 5.01 Å². The Bertz CT molecular complexity index is 1640. The number of allylic oxidation sites excluding steroid dienone is 2. The number of fused-ring (bicyclic) bond motifs is 1. The van der Waals surface area contributed by atoms with Crippen molar-refractivity contribution in [1.82, 2.24) is 25.5 Å². The molecule has 9 nitrogen and oxygen atoms in total. The Balaban J connectivity index is 1.63. The Labute approximate surface area is 243 Å². The van der Waals surface area contributed by atoms with E-state index in [1.165, 1.54) is 13.2 Å². The molecule has 0 spiro atoms. The van der Waals surface area contributed by atoms with Gasteiger partial charge in [0.05, 0.1) is 18.1 Å². The second-order valence-corrected chi connectivity index (χ2v) is 10.0. The fourth-order valence-electron chi connectivity index (χ4n) is 3.99. The van der Waals surface area contributed by atoms with Crippen molar-refractivity contribution in [3.8, 4) is 10.6 Å². The fourth-order valence-corrected chi connectivity index (χ4v) is 4.90. The molecule has 4 aromatic rings. The predicted molar refractivity (Wildman–Crippen MR) is 154 cm³/mol. The maximum atomic E-state index is 13.3. The van der Waals surface area contributed by atoms with Crippen LogP contribution in [0.1, 0.15) is 37.3 Å². The van der Waals surface area contributed by atoms with Gasteiger partial charge in [0, 0.05) is 40.3 Å². The standard InChI is InChI=1S/C28H25ClF2N6O3S/c1-4-20(26(39)34-16-7-9-21-22(13-16)33-11-10-32-21)35-24(38)14-19(23(5-2)40-3)18-12-15(29)6-8-17(18)27-36-37-28(41-27)25(30)31/h5-14,20,25H,4H2,1-3H3,(H,34,39)(H,35,38)/b19-14-,23-5+. The summed E-state index contributed by atoms with van der Waals surface area (Å²) in [5, 5.41) is 13.1. The van der Waals surface area contributed by atoms with Gasteiger partial charge in [0.1, 0.15) is 16.8 Å². The van der Waals surface area contributed by atoms with Crippen LogP contribution in [0.15, 0.2) is 66.7 Å². The summed E-state index contributed by atoms with van der Waals surface area (Å²) in [6, 6.07) is 9.03. The smallest absolute Gasteiger partial charge is 0.291 e. The summed E-state index contributed by atoms with van der Waals surface area (Å²) in [6.45, 7) is 3.48. The van der Waals surface area contributed by atoms with Crippen molar-refractivity contribution in [3.05, 3.63) is 82.3 Å². The second-order valence-electron chi connectivity index (χ2n) is 8.57. The molecule has 13 heteroatoms. The van der Waals surface area contributed by atoms with Crippen LogP contribution in [0.5, 0.6) is 0 Å². The summed E-state index contributed by atoms with van der Waals surface area (Å²) in [5.41, 5.74) is 2.95. The van der Waals surface area contributed by atoms with Crippen molar-refractivity contribution in [3.63, 3.8) is 0 Å². The fraction of sp³-hybridized carbons (Fsp3) is 0.214. The molecule has 2 aromatic carbocycles. The molecule has 1 unspecified atom stereocenters. The Morgan fingerprint density at radius 2 is 1.85 bits per heavy atom. The maximum Gasteiger partial charge on any atom is 0.291 e. The third-order valence-electron chi connectivity index (χ3n) is 5.93. The highest BCUT2D eigenvalue weighted by Gasteiger charge is 2.23. The third kappa shape index (κ3) is 7.08. The zero-order valence-electron chi connectivity index (χ0n) is 22.2. The van der Waals surface area contributed by atoms with Crippen LogP contribution in [0.3, 0.4) is 0 Å². The number of alkyl halides is 2. The Morgan fingerprint density at radius 1 is 1.10 bits per heavy atom. The van der Waals surface area contributed by atoms with E-state index in [2.05, 4.69) is 30.8 Å². The number of methoxy groups -OCH3 is 1. The zero-order valence-corrected chi connectivity index (χ0v) is 23.8. The topological polar surface area (TPSA) is 119 Å². The number of hydrogen-bond acceptors (Lipinski definition) is 8. The van der Waals surface area contributed by atoms with Crippen molar-refractivity contribution >= 4 is 57.0 Å². The second kappa shape index (κ2) is 13.4. The number of aromatic nitrogens is 4. The number of carbonyl (C=O) groups is 2. The molecule has 212 valence electrons. The summed E-state index contributed by atoms with van der Waals surface area (Å²) in [7, 11) is 1.43. The van der Waals surface area contributed by atoms with Gasteiger partial charge in [-0.25, -0.2) is 8.78 Å². The molecular formula is C28H25ClF2N6O3S. The molecule has 1 atom stereocenters. The predicted octanol–water partition coefficient (Wildman–Crippen LogP) is 6.21. The summed E-state index contributed by atoms with van der Waals surface area (Å²) < 4.78 is 31.9. The first-order valence-electron chi connectivity index (χ1n) is 12.4. The van der Waals surface area contributed by atoms with Gasteiger partial charge in [0.25, 0.3) is 6.43 Å². The summed E-state index contributed by atoms with van der Waals surface area (Å²) in [6.07, 6.45) is 3.57. The lowest BCUT2D eigenvalue weighted by molar-refractivity contribution is -0.123. The molecule has 2 heterocycles. The van der Waals surface area contributed by atoms with Gasteiger partial charge < -0.3 is 15.4 Å². The number of benzene rings is 2. The average molecular weight is 599 g/mol. The number of hydrogen-bond donors (Lipinski definition) is 2. The number of anilines is 1. The molecular weight excluding hydrogens is 574 g/mol. The number of amides is 2. The Kier molecular flexibility index (Phi) is 9.69. The first kappa shape index (κ1) is 29.7. The number of ether oxygens (including phenoxy) is 1. The molecule has 0 radical (unpaired) electrons. The highest BCUT2D eigenvalue weighted by molar-refractivity contribution is 7.14. The molecule has 0 aliphatic rings. The highest BCUT2D eigenvalue weighted by Crippen LogP contribution is 2.37. The minimum Gasteiger partial charge on any atom is -0.496 e. The molecule has 0 saturated carbocycles. The largest absolute Gasteiger partial charge is 0.496 e. The van der Waals surface area contributed by atoms with Gasteiger partial charge in [-0.3, -0.25) is 19.6 Å². The van der Waals surface area contributed by atoms with Gasteiger partial charge in [0.2, 0.25) is 11.8 Å². The quantitative estimate of drug-likeness (QED) is 0.127. The van der Waals surface area contributed by atoms with E-state index >= 15 is 0 Å². The Morgan fingerprint density at radius 3 is 2.51 bits per heavy atom. The minimum atomic E-state index is -2.78. The zero-order chi connectivity index (χ0) is 29.5. The molecule has 0 aliphatic heterocycles. The van der Waals surface area contributed by atoms with E-state index < -0.39 is 29.3 Å². The Hall–Kier alpha value is -4.29. The lowest BCUT2D eigenvalue weighted by Crippen LogP contribution is -2.42. The van der Waals surface area contributed by atoms with Crippen LogP contribution in [0.4, 0.5) is 14.5 Å². The van der Waals surface area contributed by atoms with Crippen molar-refractivity contribution in [2.75, 3.05) is 12.4 Å². The minimum absolute atomic E-state index is 0.218. The molecule has 0 aliphatic carbocycles. The highest BCUT2D eigenvalue weighted by atomic mass is 35.5. The van der Waals surface area contributed by atoms with Crippen LogP contribution in [-0.2, 0) is 14.3 Å². The van der Waals surface area contributed by atoms with E-state index in [1.807, 2.05) is 0 Å². The van der Waals surface area contributed by atoms with Gasteiger partial charge >= 0.3 is 0 Å². The van der Waals surface area contributed by atoms with Crippen LogP contribution in [0.2, 0.25) is 5.02 Å². The lowest BCUT2D eigenvalue weighted by atomic mass is 9.97. The third-order valence-corrected chi connectivity index (χ3v) is 7.13. The first-order chi connectivity index (χ1) is 19.7. The molecule has 41 heavy (non-hydrogen) atoms. The van der Waals surface area contributed by atoms with Crippen LogP contribution in [-0.4, -0.2) is 45.1 Å². The molecule has 2 aromatic heterocycles. The number of nitrogens with zero attached hydrogens (tertiary/aromatic N) is 4. The first-order valence-corrected chi connectivity index (χ1v) is 13.6. The van der Waals surface area contributed by atoms with E-state index in [-0.39, 0.29) is 5.01 Å². The number of rotatable bonds is 10. The SMILES string of the molecule is C/C=C(OC)\C(=C/C(=O)NC(CC)C(=O)Nc1ccc2nccnc2c1)c1cc(Cl)ccc1-c1nnc(C(F)F)s1. The van der Waals surface area contributed by atoms with Crippen LogP contribution >= 0.6 is 22.9 Å². The molecule has 2 N–H and O–H groups in total. The van der Waals surface area contributed by atoms with Gasteiger partial charge in [-0.2, -0.15) is 0 Å². The van der Waals surface area contributed by atoms with E-state index in [1.54, 1.807) is 68.7 Å². The van der Waals surface area contributed by atoms with E-state index in [0.29, 0.717) is 50.6 Å². The summed E-state index contributed by atoms with van der Waals surface area (Å²) in [5.74, 6) is -0.690. The van der Waals surface area contributed by atoms with Crippen LogP contribution < -0.4 is 10.6 Å². The van der Waals surface area contributed by atoms with Crippen molar-refractivity contribution in [2.45, 2.75) is 32.7 Å². The van der Waals surface area contributed by atoms with Gasteiger partial charge in [-0.05, 0) is 61.4 Å². The monoisotopic (exact) mass is 598 g/mol. The number of halogens is 3. The van der Waals surface area contributed by atoms with E-state index in [9.17, 15) is 18.4 Å². The van der Waals surface area contributed by atoms with Crippen molar-refractivity contribution < 1.29 is 23.1 Å². The molecule has 0 bridgehead atoms. The lowest BCUT2D eigenvalue weighted by Gasteiger charge is -2.18.